The highest BCUT2D eigenvalue weighted by molar-refractivity contribution is 6.30. The summed E-state index contributed by atoms with van der Waals surface area (Å²) in [6.07, 6.45) is 0.205. The molecule has 1 heterocycles. The summed E-state index contributed by atoms with van der Waals surface area (Å²) >= 11 is 5.98. The molecule has 0 saturated carbocycles. The van der Waals surface area contributed by atoms with Gasteiger partial charge in [0, 0.05) is 30.2 Å². The van der Waals surface area contributed by atoms with Crippen molar-refractivity contribution in [1.82, 2.24) is 5.32 Å². The second kappa shape index (κ2) is 7.57. The van der Waals surface area contributed by atoms with Crippen LogP contribution in [0.1, 0.15) is 12.0 Å². The van der Waals surface area contributed by atoms with Crippen LogP contribution in [-0.2, 0) is 16.1 Å². The van der Waals surface area contributed by atoms with Gasteiger partial charge >= 0.3 is 0 Å². The van der Waals surface area contributed by atoms with Crippen molar-refractivity contribution in [2.45, 2.75) is 13.0 Å². The van der Waals surface area contributed by atoms with Gasteiger partial charge in [-0.1, -0.05) is 29.8 Å². The molecule has 130 valence electrons. The van der Waals surface area contributed by atoms with Crippen molar-refractivity contribution in [2.75, 3.05) is 18.6 Å². The minimum atomic E-state index is -0.364. The Labute approximate surface area is 151 Å². The van der Waals surface area contributed by atoms with Crippen molar-refractivity contribution in [2.24, 2.45) is 5.92 Å². The first-order chi connectivity index (χ1) is 12.1. The molecule has 0 aliphatic carbocycles. The Balaban J connectivity index is 1.61. The van der Waals surface area contributed by atoms with Gasteiger partial charge in [-0.2, -0.15) is 0 Å². The van der Waals surface area contributed by atoms with E-state index in [0.717, 1.165) is 17.0 Å². The molecule has 3 rings (SSSR count). The van der Waals surface area contributed by atoms with Gasteiger partial charge < -0.3 is 15.0 Å². The number of hydrogen-bond acceptors (Lipinski definition) is 3. The Hall–Kier alpha value is -2.53. The van der Waals surface area contributed by atoms with E-state index in [-0.39, 0.29) is 24.2 Å². The number of carbonyl (C=O) groups excluding carboxylic acids is 2. The maximum Gasteiger partial charge on any atom is 0.227 e. The van der Waals surface area contributed by atoms with Crippen molar-refractivity contribution in [3.8, 4) is 5.75 Å². The molecule has 1 unspecified atom stereocenters. The maximum absolute atomic E-state index is 12.4. The third kappa shape index (κ3) is 4.12. The third-order valence-corrected chi connectivity index (χ3v) is 4.45. The van der Waals surface area contributed by atoms with Crippen LogP contribution in [0.5, 0.6) is 5.75 Å². The number of methoxy groups -OCH3 is 1. The average Bonchev–Trinajstić information content (AvgIpc) is 3.02. The Morgan fingerprint density at radius 2 is 2.08 bits per heavy atom. The lowest BCUT2D eigenvalue weighted by molar-refractivity contribution is -0.126. The summed E-state index contributed by atoms with van der Waals surface area (Å²) in [5.74, 6) is 0.191. The number of hydrogen-bond donors (Lipinski definition) is 1. The largest absolute Gasteiger partial charge is 0.497 e. The fourth-order valence-corrected chi connectivity index (χ4v) is 3.08. The smallest absolute Gasteiger partial charge is 0.227 e. The standard InChI is InChI=1S/C19H19ClN2O3/c1-25-17-7-2-4-13(8-17)11-21-19(24)14-9-18(23)22(12-14)16-6-3-5-15(20)10-16/h2-8,10,14H,9,11-12H2,1H3,(H,21,24). The van der Waals surface area contributed by atoms with Crippen LogP contribution in [0.3, 0.4) is 0 Å². The van der Waals surface area contributed by atoms with Gasteiger partial charge in [-0.25, -0.2) is 0 Å². The molecular formula is C19H19ClN2O3. The lowest BCUT2D eigenvalue weighted by atomic mass is 10.1. The molecule has 0 aromatic heterocycles. The van der Waals surface area contributed by atoms with Gasteiger partial charge in [0.05, 0.1) is 13.0 Å². The number of ether oxygens (including phenoxy) is 1. The first-order valence-corrected chi connectivity index (χ1v) is 8.41. The van der Waals surface area contributed by atoms with Gasteiger partial charge in [-0.15, -0.1) is 0 Å². The summed E-state index contributed by atoms with van der Waals surface area (Å²) in [4.78, 5) is 26.3. The lowest BCUT2D eigenvalue weighted by Crippen LogP contribution is -2.32. The fraction of sp³-hybridized carbons (Fsp3) is 0.263. The van der Waals surface area contributed by atoms with Gasteiger partial charge in [0.25, 0.3) is 0 Å². The van der Waals surface area contributed by atoms with Crippen molar-refractivity contribution in [1.29, 1.82) is 0 Å². The quantitative estimate of drug-likeness (QED) is 0.893. The first-order valence-electron chi connectivity index (χ1n) is 8.03. The van der Waals surface area contributed by atoms with Crippen LogP contribution in [0, 0.1) is 5.92 Å². The number of nitrogens with zero attached hydrogens (tertiary/aromatic N) is 1. The number of carbonyl (C=O) groups is 2. The highest BCUT2D eigenvalue weighted by Gasteiger charge is 2.35. The van der Waals surface area contributed by atoms with Gasteiger partial charge in [0.1, 0.15) is 5.75 Å². The van der Waals surface area contributed by atoms with E-state index in [1.165, 1.54) is 0 Å². The van der Waals surface area contributed by atoms with Crippen LogP contribution in [-0.4, -0.2) is 25.5 Å². The molecular weight excluding hydrogens is 340 g/mol. The van der Waals surface area contributed by atoms with E-state index in [1.54, 1.807) is 30.2 Å². The Kier molecular flexibility index (Phi) is 5.24. The summed E-state index contributed by atoms with van der Waals surface area (Å²) in [7, 11) is 1.60. The van der Waals surface area contributed by atoms with Gasteiger partial charge in [-0.3, -0.25) is 9.59 Å². The van der Waals surface area contributed by atoms with Crippen molar-refractivity contribution >= 4 is 29.1 Å². The molecule has 2 amide bonds. The lowest BCUT2D eigenvalue weighted by Gasteiger charge is -2.17. The van der Waals surface area contributed by atoms with Crippen LogP contribution in [0.25, 0.3) is 0 Å². The fourth-order valence-electron chi connectivity index (χ4n) is 2.89. The van der Waals surface area contributed by atoms with Crippen LogP contribution in [0.4, 0.5) is 5.69 Å². The molecule has 1 atom stereocenters. The first kappa shape index (κ1) is 17.3. The predicted molar refractivity (Wildman–Crippen MR) is 96.8 cm³/mol. The Bertz CT molecular complexity index is 794. The number of anilines is 1. The molecule has 0 spiro atoms. The Morgan fingerprint density at radius 3 is 2.84 bits per heavy atom. The second-order valence-electron chi connectivity index (χ2n) is 5.95. The molecule has 2 aromatic rings. The van der Waals surface area contributed by atoms with Gasteiger partial charge in [0.15, 0.2) is 0 Å². The zero-order valence-electron chi connectivity index (χ0n) is 13.9. The third-order valence-electron chi connectivity index (χ3n) is 4.22. The number of halogens is 1. The van der Waals surface area contributed by atoms with Crippen LogP contribution in [0.15, 0.2) is 48.5 Å². The van der Waals surface area contributed by atoms with Crippen LogP contribution in [0.2, 0.25) is 5.02 Å². The zero-order chi connectivity index (χ0) is 17.8. The molecule has 0 bridgehead atoms. The van der Waals surface area contributed by atoms with Gasteiger partial charge in [0.2, 0.25) is 11.8 Å². The summed E-state index contributed by atoms with van der Waals surface area (Å²) in [5, 5.41) is 3.46. The van der Waals surface area contributed by atoms with E-state index in [2.05, 4.69) is 5.32 Å². The molecule has 1 fully saturated rings. The summed E-state index contributed by atoms with van der Waals surface area (Å²) in [6, 6.07) is 14.6. The summed E-state index contributed by atoms with van der Waals surface area (Å²) in [6.45, 7) is 0.765. The normalized spacial score (nSPS) is 16.8. The number of nitrogens with one attached hydrogen (secondary N) is 1. The molecule has 5 nitrogen and oxygen atoms in total. The molecule has 6 heteroatoms. The van der Waals surface area contributed by atoms with E-state index in [1.807, 2.05) is 30.3 Å². The van der Waals surface area contributed by atoms with Gasteiger partial charge in [-0.05, 0) is 35.9 Å². The van der Waals surface area contributed by atoms with E-state index < -0.39 is 0 Å². The van der Waals surface area contributed by atoms with E-state index in [9.17, 15) is 9.59 Å². The van der Waals surface area contributed by atoms with Crippen LogP contribution >= 0.6 is 11.6 Å². The SMILES string of the molecule is COc1cccc(CNC(=O)C2CC(=O)N(c3cccc(Cl)c3)C2)c1. The minimum absolute atomic E-state index is 0.0659. The van der Waals surface area contributed by atoms with Crippen molar-refractivity contribution in [3.05, 3.63) is 59.1 Å². The molecule has 1 aliphatic heterocycles. The predicted octanol–water partition coefficient (Wildman–Crippen LogP) is 3.02. The molecule has 1 N–H and O–H groups in total. The monoisotopic (exact) mass is 358 g/mol. The maximum atomic E-state index is 12.4. The number of rotatable bonds is 5. The number of amides is 2. The zero-order valence-corrected chi connectivity index (χ0v) is 14.6. The molecule has 0 radical (unpaired) electrons. The van der Waals surface area contributed by atoms with Crippen LogP contribution < -0.4 is 15.0 Å². The minimum Gasteiger partial charge on any atom is -0.497 e. The average molecular weight is 359 g/mol. The molecule has 1 aliphatic rings. The summed E-state index contributed by atoms with van der Waals surface area (Å²) < 4.78 is 5.17. The topological polar surface area (TPSA) is 58.6 Å². The molecule has 25 heavy (non-hydrogen) atoms. The van der Waals surface area contributed by atoms with E-state index in [0.29, 0.717) is 18.1 Å². The van der Waals surface area contributed by atoms with E-state index >= 15 is 0 Å². The molecule has 1 saturated heterocycles. The highest BCUT2D eigenvalue weighted by Crippen LogP contribution is 2.27. The van der Waals surface area contributed by atoms with Crippen molar-refractivity contribution < 1.29 is 14.3 Å². The van der Waals surface area contributed by atoms with Crippen molar-refractivity contribution in [3.63, 3.8) is 0 Å². The second-order valence-corrected chi connectivity index (χ2v) is 6.39. The summed E-state index contributed by atoms with van der Waals surface area (Å²) in [5.41, 5.74) is 1.67. The number of benzene rings is 2. The highest BCUT2D eigenvalue weighted by atomic mass is 35.5. The Morgan fingerprint density at radius 1 is 1.28 bits per heavy atom. The van der Waals surface area contributed by atoms with E-state index in [4.69, 9.17) is 16.3 Å². The molecule has 2 aromatic carbocycles.